The van der Waals surface area contributed by atoms with Crippen LogP contribution < -0.4 is 15.4 Å². The van der Waals surface area contributed by atoms with Crippen LogP contribution in [0.25, 0.3) is 0 Å². The SMILES string of the molecule is Cc1cccc(OC2CCN(c3cc(N)ncn3)CC2)c1. The van der Waals surface area contributed by atoms with E-state index in [1.807, 2.05) is 18.2 Å². The van der Waals surface area contributed by atoms with Gasteiger partial charge in [0.25, 0.3) is 0 Å². The van der Waals surface area contributed by atoms with Gasteiger partial charge in [0.15, 0.2) is 0 Å². The van der Waals surface area contributed by atoms with Gasteiger partial charge in [-0.3, -0.25) is 0 Å². The molecule has 0 saturated carbocycles. The van der Waals surface area contributed by atoms with E-state index in [9.17, 15) is 0 Å². The number of ether oxygens (including phenoxy) is 1. The van der Waals surface area contributed by atoms with Crippen molar-refractivity contribution in [1.29, 1.82) is 0 Å². The van der Waals surface area contributed by atoms with Crippen molar-refractivity contribution in [2.24, 2.45) is 0 Å². The molecule has 0 aliphatic carbocycles. The average molecular weight is 284 g/mol. The van der Waals surface area contributed by atoms with Crippen LogP contribution in [-0.2, 0) is 0 Å². The van der Waals surface area contributed by atoms with Gasteiger partial charge in [0, 0.05) is 32.0 Å². The van der Waals surface area contributed by atoms with Gasteiger partial charge < -0.3 is 15.4 Å². The maximum Gasteiger partial charge on any atom is 0.134 e. The van der Waals surface area contributed by atoms with Gasteiger partial charge in [0.2, 0.25) is 0 Å². The summed E-state index contributed by atoms with van der Waals surface area (Å²) in [7, 11) is 0. The van der Waals surface area contributed by atoms with Gasteiger partial charge in [-0.15, -0.1) is 0 Å². The van der Waals surface area contributed by atoms with E-state index in [0.717, 1.165) is 37.5 Å². The highest BCUT2D eigenvalue weighted by Gasteiger charge is 2.21. The van der Waals surface area contributed by atoms with Crippen LogP contribution >= 0.6 is 0 Å². The molecule has 3 rings (SSSR count). The highest BCUT2D eigenvalue weighted by molar-refractivity contribution is 5.46. The van der Waals surface area contributed by atoms with Gasteiger partial charge >= 0.3 is 0 Å². The van der Waals surface area contributed by atoms with E-state index in [4.69, 9.17) is 10.5 Å². The number of hydrogen-bond acceptors (Lipinski definition) is 5. The number of aryl methyl sites for hydroxylation is 1. The van der Waals surface area contributed by atoms with Crippen molar-refractivity contribution in [3.8, 4) is 5.75 Å². The third-order valence-corrected chi connectivity index (χ3v) is 3.73. The van der Waals surface area contributed by atoms with E-state index in [1.165, 1.54) is 11.9 Å². The fourth-order valence-electron chi connectivity index (χ4n) is 2.62. The maximum atomic E-state index is 6.06. The van der Waals surface area contributed by atoms with Gasteiger partial charge in [0.05, 0.1) is 0 Å². The van der Waals surface area contributed by atoms with Crippen molar-refractivity contribution in [2.45, 2.75) is 25.9 Å². The van der Waals surface area contributed by atoms with Gasteiger partial charge in [-0.05, 0) is 24.6 Å². The van der Waals surface area contributed by atoms with Crippen LogP contribution in [0.15, 0.2) is 36.7 Å². The molecule has 21 heavy (non-hydrogen) atoms. The fraction of sp³-hybridized carbons (Fsp3) is 0.375. The number of nitrogens with zero attached hydrogens (tertiary/aromatic N) is 3. The summed E-state index contributed by atoms with van der Waals surface area (Å²) in [4.78, 5) is 10.4. The monoisotopic (exact) mass is 284 g/mol. The summed E-state index contributed by atoms with van der Waals surface area (Å²) in [5.41, 5.74) is 6.93. The fourth-order valence-corrected chi connectivity index (χ4v) is 2.62. The molecule has 1 aliphatic rings. The molecule has 1 fully saturated rings. The summed E-state index contributed by atoms with van der Waals surface area (Å²) in [6.07, 6.45) is 3.75. The summed E-state index contributed by atoms with van der Waals surface area (Å²) in [6, 6.07) is 10.0. The molecule has 0 unspecified atom stereocenters. The lowest BCUT2D eigenvalue weighted by molar-refractivity contribution is 0.170. The van der Waals surface area contributed by atoms with Crippen molar-refractivity contribution in [3.63, 3.8) is 0 Å². The molecule has 0 spiro atoms. The molecule has 1 saturated heterocycles. The molecule has 5 nitrogen and oxygen atoms in total. The lowest BCUT2D eigenvalue weighted by Crippen LogP contribution is -2.38. The third kappa shape index (κ3) is 3.42. The Balaban J connectivity index is 1.58. The van der Waals surface area contributed by atoms with E-state index in [1.54, 1.807) is 0 Å². The Bertz CT molecular complexity index is 609. The topological polar surface area (TPSA) is 64.3 Å². The van der Waals surface area contributed by atoms with Crippen molar-refractivity contribution in [3.05, 3.63) is 42.2 Å². The smallest absolute Gasteiger partial charge is 0.134 e. The number of anilines is 2. The molecule has 2 N–H and O–H groups in total. The van der Waals surface area contributed by atoms with Gasteiger partial charge in [-0.25, -0.2) is 9.97 Å². The predicted octanol–water partition coefficient (Wildman–Crippen LogP) is 2.42. The second-order valence-corrected chi connectivity index (χ2v) is 5.42. The number of nitrogens with two attached hydrogens (primary N) is 1. The van der Waals surface area contributed by atoms with Crippen molar-refractivity contribution in [1.82, 2.24) is 9.97 Å². The summed E-state index contributed by atoms with van der Waals surface area (Å²) < 4.78 is 6.06. The minimum absolute atomic E-state index is 0.266. The van der Waals surface area contributed by atoms with Crippen LogP contribution in [-0.4, -0.2) is 29.2 Å². The Morgan fingerprint density at radius 1 is 1.19 bits per heavy atom. The van der Waals surface area contributed by atoms with Crippen LogP contribution in [0.3, 0.4) is 0 Å². The maximum absolute atomic E-state index is 6.06. The Morgan fingerprint density at radius 2 is 2.00 bits per heavy atom. The molecule has 5 heteroatoms. The van der Waals surface area contributed by atoms with Crippen molar-refractivity contribution >= 4 is 11.6 Å². The van der Waals surface area contributed by atoms with Crippen LogP contribution in [0.1, 0.15) is 18.4 Å². The molecule has 2 heterocycles. The second kappa shape index (κ2) is 5.99. The number of nitrogen functional groups attached to an aromatic ring is 1. The van der Waals surface area contributed by atoms with Gasteiger partial charge in [-0.1, -0.05) is 12.1 Å². The van der Waals surface area contributed by atoms with E-state index in [0.29, 0.717) is 5.82 Å². The van der Waals surface area contributed by atoms with E-state index >= 15 is 0 Å². The minimum Gasteiger partial charge on any atom is -0.490 e. The number of piperidine rings is 1. The molecule has 0 atom stereocenters. The molecule has 0 amide bonds. The summed E-state index contributed by atoms with van der Waals surface area (Å²) in [6.45, 7) is 3.93. The zero-order valence-corrected chi connectivity index (χ0v) is 12.2. The molecule has 110 valence electrons. The molecule has 0 radical (unpaired) electrons. The minimum atomic E-state index is 0.266. The van der Waals surface area contributed by atoms with E-state index in [2.05, 4.69) is 33.9 Å². The van der Waals surface area contributed by atoms with Crippen LogP contribution in [0.5, 0.6) is 5.75 Å². The molecule has 1 aliphatic heterocycles. The Morgan fingerprint density at radius 3 is 2.71 bits per heavy atom. The molecule has 0 bridgehead atoms. The average Bonchev–Trinajstić information content (AvgIpc) is 2.48. The second-order valence-electron chi connectivity index (χ2n) is 5.42. The summed E-state index contributed by atoms with van der Waals surface area (Å²) >= 11 is 0. The van der Waals surface area contributed by atoms with E-state index < -0.39 is 0 Å². The Kier molecular flexibility index (Phi) is 3.90. The lowest BCUT2D eigenvalue weighted by Gasteiger charge is -2.32. The number of benzene rings is 1. The van der Waals surface area contributed by atoms with Crippen LogP contribution in [0, 0.1) is 6.92 Å². The van der Waals surface area contributed by atoms with Gasteiger partial charge in [0.1, 0.15) is 29.8 Å². The number of aromatic nitrogens is 2. The first-order valence-corrected chi connectivity index (χ1v) is 7.26. The van der Waals surface area contributed by atoms with Crippen LogP contribution in [0.2, 0.25) is 0 Å². The molecule has 1 aromatic heterocycles. The van der Waals surface area contributed by atoms with Crippen molar-refractivity contribution in [2.75, 3.05) is 23.7 Å². The molecular formula is C16H20N4O. The van der Waals surface area contributed by atoms with Crippen molar-refractivity contribution < 1.29 is 4.74 Å². The Hall–Kier alpha value is -2.30. The zero-order valence-electron chi connectivity index (χ0n) is 12.2. The first-order valence-electron chi connectivity index (χ1n) is 7.26. The normalized spacial score (nSPS) is 16.0. The highest BCUT2D eigenvalue weighted by Crippen LogP contribution is 2.22. The van der Waals surface area contributed by atoms with Gasteiger partial charge in [-0.2, -0.15) is 0 Å². The highest BCUT2D eigenvalue weighted by atomic mass is 16.5. The number of rotatable bonds is 3. The number of hydrogen-bond donors (Lipinski definition) is 1. The molecule has 2 aromatic rings. The standard InChI is InChI=1S/C16H20N4O/c1-12-3-2-4-14(9-12)21-13-5-7-20(8-6-13)16-10-15(17)18-11-19-16/h2-4,9-11,13H,5-8H2,1H3,(H2,17,18,19). The zero-order chi connectivity index (χ0) is 14.7. The summed E-state index contributed by atoms with van der Waals surface area (Å²) in [5, 5.41) is 0. The quantitative estimate of drug-likeness (QED) is 0.937. The first kappa shape index (κ1) is 13.7. The largest absolute Gasteiger partial charge is 0.490 e. The first-order chi connectivity index (χ1) is 10.2. The predicted molar refractivity (Wildman–Crippen MR) is 83.5 cm³/mol. The molecule has 1 aromatic carbocycles. The lowest BCUT2D eigenvalue weighted by atomic mass is 10.1. The van der Waals surface area contributed by atoms with Crippen LogP contribution in [0.4, 0.5) is 11.6 Å². The Labute approximate surface area is 124 Å². The molecular weight excluding hydrogens is 264 g/mol. The van der Waals surface area contributed by atoms with E-state index in [-0.39, 0.29) is 6.10 Å². The third-order valence-electron chi connectivity index (χ3n) is 3.73. The summed E-state index contributed by atoms with van der Waals surface area (Å²) in [5.74, 6) is 2.37.